The summed E-state index contributed by atoms with van der Waals surface area (Å²) in [5.41, 5.74) is 1.87. The molecular formula is C14H18ClN3O2. The van der Waals surface area contributed by atoms with E-state index in [2.05, 4.69) is 17.6 Å². The zero-order valence-corrected chi connectivity index (χ0v) is 12.2. The van der Waals surface area contributed by atoms with Crippen LogP contribution in [0.2, 0.25) is 5.02 Å². The number of hydrogen-bond donors (Lipinski definition) is 2. The van der Waals surface area contributed by atoms with Crippen LogP contribution in [-0.4, -0.2) is 31.4 Å². The van der Waals surface area contributed by atoms with Crippen molar-refractivity contribution in [1.29, 1.82) is 0 Å². The van der Waals surface area contributed by atoms with Gasteiger partial charge in [-0.25, -0.2) is 0 Å². The number of rotatable bonds is 5. The lowest BCUT2D eigenvalue weighted by Gasteiger charge is -2.29. The van der Waals surface area contributed by atoms with E-state index in [0.29, 0.717) is 11.6 Å². The maximum atomic E-state index is 11.5. The Hall–Kier alpha value is -1.59. The molecule has 1 aliphatic heterocycles. The number of imide groups is 1. The van der Waals surface area contributed by atoms with E-state index in [1.807, 2.05) is 12.1 Å². The van der Waals surface area contributed by atoms with E-state index in [0.717, 1.165) is 24.2 Å². The Morgan fingerprint density at radius 1 is 1.30 bits per heavy atom. The molecule has 1 aromatic rings. The highest BCUT2D eigenvalue weighted by molar-refractivity contribution is 6.30. The Kier molecular flexibility index (Phi) is 4.98. The van der Waals surface area contributed by atoms with Gasteiger partial charge in [0.2, 0.25) is 11.8 Å². The topological polar surface area (TPSA) is 61.4 Å². The SMILES string of the molecule is CCCNCc1cc(Cl)ccc1N1CC(=O)NC(=O)C1. The standard InChI is InChI=1S/C14H18ClN3O2/c1-2-5-16-7-10-6-11(15)3-4-12(10)18-8-13(19)17-14(20)9-18/h3-4,6,16H,2,5,7-9H2,1H3,(H,17,19,20). The molecule has 2 rings (SSSR count). The predicted molar refractivity (Wildman–Crippen MR) is 78.8 cm³/mol. The summed E-state index contributed by atoms with van der Waals surface area (Å²) in [4.78, 5) is 24.7. The van der Waals surface area contributed by atoms with E-state index in [9.17, 15) is 9.59 Å². The summed E-state index contributed by atoms with van der Waals surface area (Å²) in [6.07, 6.45) is 1.04. The number of halogens is 1. The number of piperazine rings is 1. The molecule has 1 heterocycles. The first-order valence-corrected chi connectivity index (χ1v) is 7.04. The van der Waals surface area contributed by atoms with Crippen molar-refractivity contribution in [3.63, 3.8) is 0 Å². The van der Waals surface area contributed by atoms with Crippen molar-refractivity contribution in [2.24, 2.45) is 0 Å². The average molecular weight is 296 g/mol. The normalized spacial score (nSPS) is 15.4. The van der Waals surface area contributed by atoms with Gasteiger partial charge in [0.15, 0.2) is 0 Å². The van der Waals surface area contributed by atoms with E-state index in [1.165, 1.54) is 0 Å². The number of hydrogen-bond acceptors (Lipinski definition) is 4. The highest BCUT2D eigenvalue weighted by Crippen LogP contribution is 2.25. The van der Waals surface area contributed by atoms with Crippen molar-refractivity contribution >= 4 is 29.1 Å². The summed E-state index contributed by atoms with van der Waals surface area (Å²) in [5, 5.41) is 6.26. The minimum absolute atomic E-state index is 0.189. The van der Waals surface area contributed by atoms with Crippen LogP contribution < -0.4 is 15.5 Å². The maximum Gasteiger partial charge on any atom is 0.246 e. The van der Waals surface area contributed by atoms with Gasteiger partial charge >= 0.3 is 0 Å². The van der Waals surface area contributed by atoms with E-state index in [1.54, 1.807) is 11.0 Å². The van der Waals surface area contributed by atoms with Gasteiger partial charge < -0.3 is 10.2 Å². The third-order valence-electron chi connectivity index (χ3n) is 3.07. The molecule has 0 atom stereocenters. The smallest absolute Gasteiger partial charge is 0.246 e. The van der Waals surface area contributed by atoms with E-state index < -0.39 is 0 Å². The molecule has 0 radical (unpaired) electrons. The van der Waals surface area contributed by atoms with Crippen molar-refractivity contribution in [2.45, 2.75) is 19.9 Å². The van der Waals surface area contributed by atoms with Crippen molar-refractivity contribution < 1.29 is 9.59 Å². The van der Waals surface area contributed by atoms with Gasteiger partial charge in [-0.05, 0) is 36.7 Å². The highest BCUT2D eigenvalue weighted by atomic mass is 35.5. The molecule has 0 spiro atoms. The Morgan fingerprint density at radius 2 is 2.00 bits per heavy atom. The van der Waals surface area contributed by atoms with Crippen LogP contribution in [0.1, 0.15) is 18.9 Å². The summed E-state index contributed by atoms with van der Waals surface area (Å²) >= 11 is 6.03. The molecule has 108 valence electrons. The molecule has 0 saturated carbocycles. The van der Waals surface area contributed by atoms with E-state index in [-0.39, 0.29) is 24.9 Å². The lowest BCUT2D eigenvalue weighted by atomic mass is 10.1. The zero-order chi connectivity index (χ0) is 14.5. The van der Waals surface area contributed by atoms with Crippen LogP contribution in [0, 0.1) is 0 Å². The fourth-order valence-electron chi connectivity index (χ4n) is 2.21. The molecule has 0 aliphatic carbocycles. The van der Waals surface area contributed by atoms with Crippen molar-refractivity contribution in [3.8, 4) is 0 Å². The molecule has 1 saturated heterocycles. The summed E-state index contributed by atoms with van der Waals surface area (Å²) in [5.74, 6) is -0.549. The second kappa shape index (κ2) is 6.72. The van der Waals surface area contributed by atoms with Gasteiger partial charge in [-0.1, -0.05) is 18.5 Å². The van der Waals surface area contributed by atoms with Crippen LogP contribution >= 0.6 is 11.6 Å². The molecule has 1 aromatic carbocycles. The quantitative estimate of drug-likeness (QED) is 0.635. The Balaban J connectivity index is 2.20. The third kappa shape index (κ3) is 3.71. The fraction of sp³-hybridized carbons (Fsp3) is 0.429. The lowest BCUT2D eigenvalue weighted by Crippen LogP contribution is -2.51. The first-order valence-electron chi connectivity index (χ1n) is 6.67. The average Bonchev–Trinajstić information content (AvgIpc) is 2.38. The first kappa shape index (κ1) is 14.8. The second-order valence-corrected chi connectivity index (χ2v) is 5.21. The number of carbonyl (C=O) groups excluding carboxylic acids is 2. The van der Waals surface area contributed by atoms with Gasteiger partial charge in [0, 0.05) is 17.3 Å². The number of benzene rings is 1. The number of nitrogens with zero attached hydrogens (tertiary/aromatic N) is 1. The molecule has 2 N–H and O–H groups in total. The molecular weight excluding hydrogens is 278 g/mol. The van der Waals surface area contributed by atoms with E-state index in [4.69, 9.17) is 11.6 Å². The van der Waals surface area contributed by atoms with Crippen molar-refractivity contribution in [2.75, 3.05) is 24.5 Å². The molecule has 1 aliphatic rings. The summed E-state index contributed by atoms with van der Waals surface area (Å²) in [6, 6.07) is 5.50. The van der Waals surface area contributed by atoms with Crippen LogP contribution in [0.25, 0.3) is 0 Å². The molecule has 0 unspecified atom stereocenters. The molecule has 5 nitrogen and oxygen atoms in total. The van der Waals surface area contributed by atoms with E-state index >= 15 is 0 Å². The monoisotopic (exact) mass is 295 g/mol. The van der Waals surface area contributed by atoms with Crippen LogP contribution in [0.3, 0.4) is 0 Å². The molecule has 6 heteroatoms. The minimum Gasteiger partial charge on any atom is -0.353 e. The number of anilines is 1. The lowest BCUT2D eigenvalue weighted by molar-refractivity contribution is -0.130. The third-order valence-corrected chi connectivity index (χ3v) is 3.31. The summed E-state index contributed by atoms with van der Waals surface area (Å²) in [7, 11) is 0. The second-order valence-electron chi connectivity index (χ2n) is 4.78. The van der Waals surface area contributed by atoms with Gasteiger partial charge in [-0.2, -0.15) is 0 Å². The minimum atomic E-state index is -0.274. The van der Waals surface area contributed by atoms with Gasteiger partial charge in [-0.3, -0.25) is 14.9 Å². The maximum absolute atomic E-state index is 11.5. The van der Waals surface area contributed by atoms with Crippen LogP contribution in [-0.2, 0) is 16.1 Å². The Labute approximate surface area is 123 Å². The number of nitrogens with one attached hydrogen (secondary N) is 2. The summed E-state index contributed by atoms with van der Waals surface area (Å²) in [6.45, 7) is 4.04. The van der Waals surface area contributed by atoms with Crippen LogP contribution in [0.4, 0.5) is 5.69 Å². The predicted octanol–water partition coefficient (Wildman–Crippen LogP) is 1.30. The molecule has 1 fully saturated rings. The molecule has 0 aromatic heterocycles. The number of amides is 2. The summed E-state index contributed by atoms with van der Waals surface area (Å²) < 4.78 is 0. The fourth-order valence-corrected chi connectivity index (χ4v) is 2.41. The highest BCUT2D eigenvalue weighted by Gasteiger charge is 2.24. The van der Waals surface area contributed by atoms with Crippen LogP contribution in [0.5, 0.6) is 0 Å². The molecule has 20 heavy (non-hydrogen) atoms. The van der Waals surface area contributed by atoms with Crippen molar-refractivity contribution in [3.05, 3.63) is 28.8 Å². The largest absolute Gasteiger partial charge is 0.353 e. The number of carbonyl (C=O) groups is 2. The molecule has 2 amide bonds. The molecule has 0 bridgehead atoms. The first-order chi connectivity index (χ1) is 9.60. The van der Waals surface area contributed by atoms with Gasteiger partial charge in [0.25, 0.3) is 0 Å². The van der Waals surface area contributed by atoms with Crippen molar-refractivity contribution in [1.82, 2.24) is 10.6 Å². The van der Waals surface area contributed by atoms with Crippen LogP contribution in [0.15, 0.2) is 18.2 Å². The van der Waals surface area contributed by atoms with Gasteiger partial charge in [-0.15, -0.1) is 0 Å². The Bertz CT molecular complexity index is 503. The zero-order valence-electron chi connectivity index (χ0n) is 11.4. The van der Waals surface area contributed by atoms with Gasteiger partial charge in [0.1, 0.15) is 0 Å². The Morgan fingerprint density at radius 3 is 2.65 bits per heavy atom. The van der Waals surface area contributed by atoms with Gasteiger partial charge in [0.05, 0.1) is 13.1 Å².